The molecule has 5 nitrogen and oxygen atoms in total. The molecule has 0 aromatic heterocycles. The Bertz CT molecular complexity index is 1110. The van der Waals surface area contributed by atoms with Crippen LogP contribution >= 0.6 is 0 Å². The van der Waals surface area contributed by atoms with Gasteiger partial charge in [0.1, 0.15) is 0 Å². The van der Waals surface area contributed by atoms with Crippen LogP contribution in [0.2, 0.25) is 0 Å². The highest BCUT2D eigenvalue weighted by molar-refractivity contribution is 6.20. The third kappa shape index (κ3) is 4.40. The number of anilines is 1. The molecule has 0 unspecified atom stereocenters. The van der Waals surface area contributed by atoms with Crippen molar-refractivity contribution in [3.05, 3.63) is 102 Å². The molecule has 1 N–H and O–H groups in total. The molecule has 156 valence electrons. The van der Waals surface area contributed by atoms with Crippen LogP contribution in [0.15, 0.2) is 89.9 Å². The molecule has 31 heavy (non-hydrogen) atoms. The molecule has 0 saturated carbocycles. The first-order valence-electron chi connectivity index (χ1n) is 10.4. The molecule has 0 saturated heterocycles. The third-order valence-electron chi connectivity index (χ3n) is 5.22. The summed E-state index contributed by atoms with van der Waals surface area (Å²) >= 11 is 0. The summed E-state index contributed by atoms with van der Waals surface area (Å²) in [6.45, 7) is 3.93. The van der Waals surface area contributed by atoms with E-state index in [0.29, 0.717) is 5.71 Å². The number of carbonyl (C=O) groups is 2. The molecule has 4 rings (SSSR count). The summed E-state index contributed by atoms with van der Waals surface area (Å²) in [5.74, 6) is -0.481. The fourth-order valence-electron chi connectivity index (χ4n) is 3.83. The fraction of sp³-hybridized carbons (Fsp3) is 0.192. The molecule has 1 heterocycles. The lowest BCUT2D eigenvalue weighted by atomic mass is 10.00. The Balaban J connectivity index is 1.75. The monoisotopic (exact) mass is 411 g/mol. The van der Waals surface area contributed by atoms with Crippen molar-refractivity contribution in [2.24, 2.45) is 4.99 Å². The smallest absolute Gasteiger partial charge is 0.272 e. The normalized spacial score (nSPS) is 15.8. The van der Waals surface area contributed by atoms with Crippen molar-refractivity contribution in [3.63, 3.8) is 0 Å². The Kier molecular flexibility index (Phi) is 5.94. The maximum atomic E-state index is 13.5. The zero-order chi connectivity index (χ0) is 21.8. The first-order valence-corrected chi connectivity index (χ1v) is 10.4. The van der Waals surface area contributed by atoms with E-state index in [1.54, 1.807) is 4.90 Å². The Morgan fingerprint density at radius 1 is 0.935 bits per heavy atom. The van der Waals surface area contributed by atoms with Crippen molar-refractivity contribution in [3.8, 4) is 0 Å². The van der Waals surface area contributed by atoms with Gasteiger partial charge in [0.2, 0.25) is 12.1 Å². The van der Waals surface area contributed by atoms with Crippen molar-refractivity contribution in [2.75, 3.05) is 4.90 Å². The highest BCUT2D eigenvalue weighted by atomic mass is 16.2. The molecule has 1 aliphatic rings. The lowest BCUT2D eigenvalue weighted by Gasteiger charge is -2.29. The van der Waals surface area contributed by atoms with E-state index in [1.165, 1.54) is 0 Å². The van der Waals surface area contributed by atoms with Gasteiger partial charge < -0.3 is 10.2 Å². The summed E-state index contributed by atoms with van der Waals surface area (Å²) in [6, 6.07) is 26.9. The van der Waals surface area contributed by atoms with Crippen LogP contribution in [0.25, 0.3) is 0 Å². The number of para-hydroxylation sites is 1. The van der Waals surface area contributed by atoms with E-state index in [0.717, 1.165) is 22.4 Å². The molecule has 5 heteroatoms. The number of amides is 2. The number of hydrogen-bond donors (Lipinski definition) is 1. The largest absolute Gasteiger partial charge is 0.326 e. The molecular weight excluding hydrogens is 386 g/mol. The maximum Gasteiger partial charge on any atom is 0.272 e. The van der Waals surface area contributed by atoms with Crippen molar-refractivity contribution in [1.82, 2.24) is 5.32 Å². The minimum Gasteiger partial charge on any atom is -0.326 e. The van der Waals surface area contributed by atoms with Gasteiger partial charge in [-0.2, -0.15) is 0 Å². The molecule has 0 spiro atoms. The molecule has 1 aliphatic heterocycles. The maximum absolute atomic E-state index is 13.5. The molecule has 0 radical (unpaired) electrons. The van der Waals surface area contributed by atoms with Crippen LogP contribution in [0.3, 0.4) is 0 Å². The lowest BCUT2D eigenvalue weighted by Crippen LogP contribution is -2.50. The second-order valence-electron chi connectivity index (χ2n) is 7.80. The molecule has 0 aliphatic carbocycles. The minimum absolute atomic E-state index is 0.0903. The van der Waals surface area contributed by atoms with Crippen LogP contribution in [0.1, 0.15) is 30.5 Å². The van der Waals surface area contributed by atoms with Crippen molar-refractivity contribution in [1.29, 1.82) is 0 Å². The number of carbonyl (C=O) groups excluding carboxylic acids is 2. The topological polar surface area (TPSA) is 61.8 Å². The van der Waals surface area contributed by atoms with Crippen molar-refractivity contribution < 1.29 is 9.59 Å². The van der Waals surface area contributed by atoms with Gasteiger partial charge in [0.25, 0.3) is 5.91 Å². The van der Waals surface area contributed by atoms with Crippen LogP contribution in [-0.2, 0) is 16.0 Å². The van der Waals surface area contributed by atoms with Crippen molar-refractivity contribution >= 4 is 23.2 Å². The standard InChI is InChI=1S/C26H25N3O2/c1-18(2)29-22-16-10-9-15-21(22)24(20-13-7-4-8-14-20)28-25(26(29)31)27-23(30)17-19-11-5-3-6-12-19/h3-16,18,25H,17H2,1-2H3,(H,27,30)/t25-/m1/s1. The highest BCUT2D eigenvalue weighted by Crippen LogP contribution is 2.29. The predicted molar refractivity (Wildman–Crippen MR) is 123 cm³/mol. The zero-order valence-corrected chi connectivity index (χ0v) is 17.7. The number of aliphatic imine (C=N–C) groups is 1. The first-order chi connectivity index (χ1) is 15.0. The molecule has 0 bridgehead atoms. The van der Waals surface area contributed by atoms with Gasteiger partial charge in [0.15, 0.2) is 0 Å². The molecule has 3 aromatic rings. The van der Waals surface area contributed by atoms with Gasteiger partial charge >= 0.3 is 0 Å². The van der Waals surface area contributed by atoms with Crippen LogP contribution in [0.5, 0.6) is 0 Å². The Hall–Kier alpha value is -3.73. The number of nitrogens with zero attached hydrogens (tertiary/aromatic N) is 2. The van der Waals surface area contributed by atoms with Crippen LogP contribution in [0, 0.1) is 0 Å². The molecule has 1 atom stereocenters. The van der Waals surface area contributed by atoms with E-state index in [4.69, 9.17) is 4.99 Å². The van der Waals surface area contributed by atoms with Crippen molar-refractivity contribution in [2.45, 2.75) is 32.5 Å². The van der Waals surface area contributed by atoms with Crippen LogP contribution in [-0.4, -0.2) is 29.7 Å². The SMILES string of the molecule is CC(C)N1C(=O)[C@H](NC(=O)Cc2ccccc2)N=C(c2ccccc2)c2ccccc21. The van der Waals surface area contributed by atoms with Gasteiger partial charge in [-0.1, -0.05) is 78.9 Å². The third-order valence-corrected chi connectivity index (χ3v) is 5.22. The van der Waals surface area contributed by atoms with Gasteiger partial charge in [-0.05, 0) is 25.5 Å². The van der Waals surface area contributed by atoms with Gasteiger partial charge in [0.05, 0.1) is 17.8 Å². The molecule has 0 fully saturated rings. The number of benzene rings is 3. The minimum atomic E-state index is -0.999. The summed E-state index contributed by atoms with van der Waals surface area (Å²) < 4.78 is 0. The van der Waals surface area contributed by atoms with Gasteiger partial charge in [0, 0.05) is 17.2 Å². The summed E-state index contributed by atoms with van der Waals surface area (Å²) in [5, 5.41) is 2.86. The summed E-state index contributed by atoms with van der Waals surface area (Å²) in [6.07, 6.45) is -0.809. The fourth-order valence-corrected chi connectivity index (χ4v) is 3.83. The summed E-state index contributed by atoms with van der Waals surface area (Å²) in [4.78, 5) is 32.8. The zero-order valence-electron chi connectivity index (χ0n) is 17.7. The average Bonchev–Trinajstić information content (AvgIpc) is 2.89. The number of benzodiazepines with no additional fused rings is 1. The van der Waals surface area contributed by atoms with Gasteiger partial charge in [-0.25, -0.2) is 4.99 Å². The molecule has 3 aromatic carbocycles. The predicted octanol–water partition coefficient (Wildman–Crippen LogP) is 3.96. The van der Waals surface area contributed by atoms with E-state index in [2.05, 4.69) is 5.32 Å². The van der Waals surface area contributed by atoms with E-state index in [9.17, 15) is 9.59 Å². The number of nitrogens with one attached hydrogen (secondary N) is 1. The molecular formula is C26H25N3O2. The average molecular weight is 412 g/mol. The summed E-state index contributed by atoms with van der Waals surface area (Å²) in [5.41, 5.74) is 4.14. The second kappa shape index (κ2) is 8.96. The quantitative estimate of drug-likeness (QED) is 0.691. The van der Waals surface area contributed by atoms with E-state index in [1.807, 2.05) is 98.8 Å². The van der Waals surface area contributed by atoms with Crippen LogP contribution < -0.4 is 10.2 Å². The Morgan fingerprint density at radius 3 is 2.23 bits per heavy atom. The molecule has 2 amide bonds. The second-order valence-corrected chi connectivity index (χ2v) is 7.80. The Labute approximate surface area is 182 Å². The Morgan fingerprint density at radius 2 is 1.55 bits per heavy atom. The van der Waals surface area contributed by atoms with Crippen LogP contribution in [0.4, 0.5) is 5.69 Å². The van der Waals surface area contributed by atoms with E-state index < -0.39 is 6.17 Å². The van der Waals surface area contributed by atoms with E-state index in [-0.39, 0.29) is 24.3 Å². The highest BCUT2D eigenvalue weighted by Gasteiger charge is 2.34. The lowest BCUT2D eigenvalue weighted by molar-refractivity contribution is -0.127. The summed E-state index contributed by atoms with van der Waals surface area (Å²) in [7, 11) is 0. The van der Waals surface area contributed by atoms with Gasteiger partial charge in [-0.3, -0.25) is 9.59 Å². The first kappa shape index (κ1) is 20.5. The van der Waals surface area contributed by atoms with E-state index >= 15 is 0 Å². The number of hydrogen-bond acceptors (Lipinski definition) is 3. The van der Waals surface area contributed by atoms with Gasteiger partial charge in [-0.15, -0.1) is 0 Å². The number of rotatable bonds is 5. The number of fused-ring (bicyclic) bond motifs is 1.